The Hall–Kier alpha value is -1.25. The van der Waals surface area contributed by atoms with E-state index in [1.807, 2.05) is 0 Å². The van der Waals surface area contributed by atoms with E-state index in [-0.39, 0.29) is 15.6 Å². The van der Waals surface area contributed by atoms with Crippen molar-refractivity contribution in [3.05, 3.63) is 45.1 Å². The van der Waals surface area contributed by atoms with Crippen molar-refractivity contribution in [3.63, 3.8) is 0 Å². The molecule has 1 aromatic carbocycles. The number of rotatable bonds is 16. The number of nitrogens with one attached hydrogen (secondary N) is 1. The van der Waals surface area contributed by atoms with Gasteiger partial charge in [-0.15, -0.1) is 11.3 Å². The van der Waals surface area contributed by atoms with Crippen molar-refractivity contribution in [2.75, 3.05) is 19.6 Å². The number of hydrogen-bond donors (Lipinski definition) is 2. The fourth-order valence-corrected chi connectivity index (χ4v) is 6.58. The first-order valence-corrected chi connectivity index (χ1v) is 14.1. The van der Waals surface area contributed by atoms with Gasteiger partial charge in [0.15, 0.2) is 5.78 Å². The highest BCUT2D eigenvalue weighted by atomic mass is 35.5. The van der Waals surface area contributed by atoms with E-state index in [4.69, 9.17) is 17.3 Å². The van der Waals surface area contributed by atoms with E-state index in [0.29, 0.717) is 21.9 Å². The molecule has 0 bridgehead atoms. The van der Waals surface area contributed by atoms with Crippen LogP contribution in [-0.4, -0.2) is 33.8 Å². The predicted molar refractivity (Wildman–Crippen MR) is 134 cm³/mol. The molecule has 0 aliphatic carbocycles. The van der Waals surface area contributed by atoms with Crippen LogP contribution in [0.4, 0.5) is 0 Å². The average Bonchev–Trinajstić information content (AvgIpc) is 3.17. The number of sulfone groups is 1. The fourth-order valence-electron chi connectivity index (χ4n) is 3.57. The second-order valence-electron chi connectivity index (χ2n) is 8.05. The van der Waals surface area contributed by atoms with Gasteiger partial charge in [0.1, 0.15) is 0 Å². The normalized spacial score (nSPS) is 11.7. The van der Waals surface area contributed by atoms with Gasteiger partial charge in [0.05, 0.1) is 14.7 Å². The van der Waals surface area contributed by atoms with Crippen LogP contribution in [0.5, 0.6) is 0 Å². The molecular weight excluding hydrogens is 464 g/mol. The highest BCUT2D eigenvalue weighted by molar-refractivity contribution is 7.91. The van der Waals surface area contributed by atoms with Gasteiger partial charge in [-0.3, -0.25) is 4.79 Å². The lowest BCUT2D eigenvalue weighted by molar-refractivity contribution is 0.0982. The van der Waals surface area contributed by atoms with Crippen LogP contribution in [0.25, 0.3) is 0 Å². The molecule has 0 atom stereocenters. The van der Waals surface area contributed by atoms with Crippen molar-refractivity contribution in [1.29, 1.82) is 0 Å². The maximum atomic E-state index is 12.9. The van der Waals surface area contributed by atoms with E-state index < -0.39 is 9.84 Å². The number of carbonyl (C=O) groups is 1. The largest absolute Gasteiger partial charge is 0.330 e. The summed E-state index contributed by atoms with van der Waals surface area (Å²) in [5.74, 6) is 0.0357. The van der Waals surface area contributed by atoms with E-state index in [1.54, 1.807) is 24.4 Å². The summed E-state index contributed by atoms with van der Waals surface area (Å²) in [6, 6.07) is 6.11. The highest BCUT2D eigenvalue weighted by Crippen LogP contribution is 2.32. The fraction of sp³-hybridized carbons (Fsp3) is 0.542. The molecule has 0 amide bonds. The van der Waals surface area contributed by atoms with E-state index in [0.717, 1.165) is 45.3 Å². The average molecular weight is 499 g/mol. The summed E-state index contributed by atoms with van der Waals surface area (Å²) in [6.45, 7) is 4.52. The van der Waals surface area contributed by atoms with Gasteiger partial charge in [-0.2, -0.15) is 0 Å². The van der Waals surface area contributed by atoms with Gasteiger partial charge in [0, 0.05) is 16.8 Å². The Morgan fingerprint density at radius 2 is 1.56 bits per heavy atom. The molecule has 5 nitrogen and oxygen atoms in total. The SMILES string of the molecule is Cc1c(S(=O)(=O)c2ccc(Cl)cc2)csc1C(=O)CCCCCCCCCNCCCN. The summed E-state index contributed by atoms with van der Waals surface area (Å²) in [5.41, 5.74) is 6.01. The molecule has 0 radical (unpaired) electrons. The Labute approximate surface area is 201 Å². The van der Waals surface area contributed by atoms with E-state index in [1.165, 1.54) is 49.2 Å². The second kappa shape index (κ2) is 14.1. The Bertz CT molecular complexity index is 941. The van der Waals surface area contributed by atoms with Crippen LogP contribution in [0.1, 0.15) is 73.0 Å². The predicted octanol–water partition coefficient (Wildman–Crippen LogP) is 5.78. The molecule has 8 heteroatoms. The molecule has 0 unspecified atom stereocenters. The van der Waals surface area contributed by atoms with Gasteiger partial charge < -0.3 is 11.1 Å². The zero-order valence-electron chi connectivity index (χ0n) is 18.9. The van der Waals surface area contributed by atoms with Crippen LogP contribution in [-0.2, 0) is 9.84 Å². The Morgan fingerprint density at radius 3 is 2.22 bits per heavy atom. The quantitative estimate of drug-likeness (QED) is 0.226. The summed E-state index contributed by atoms with van der Waals surface area (Å²) in [5, 5.41) is 5.46. The Kier molecular flexibility index (Phi) is 11.9. The van der Waals surface area contributed by atoms with Crippen molar-refractivity contribution in [2.24, 2.45) is 5.73 Å². The van der Waals surface area contributed by atoms with Crippen molar-refractivity contribution >= 4 is 38.6 Å². The number of hydrogen-bond acceptors (Lipinski definition) is 6. The monoisotopic (exact) mass is 498 g/mol. The third-order valence-corrected chi connectivity index (χ3v) is 8.90. The molecule has 0 saturated heterocycles. The molecule has 3 N–H and O–H groups in total. The van der Waals surface area contributed by atoms with Gasteiger partial charge in [-0.05, 0) is 75.6 Å². The zero-order chi connectivity index (χ0) is 23.4. The van der Waals surface area contributed by atoms with Gasteiger partial charge in [-0.1, -0.05) is 43.7 Å². The second-order valence-corrected chi connectivity index (χ2v) is 11.3. The lowest BCUT2D eigenvalue weighted by Crippen LogP contribution is -2.19. The minimum atomic E-state index is -3.66. The number of ketones is 1. The third kappa shape index (κ3) is 8.27. The number of halogens is 1. The summed E-state index contributed by atoms with van der Waals surface area (Å²) >= 11 is 7.09. The molecule has 0 aliphatic heterocycles. The lowest BCUT2D eigenvalue weighted by Gasteiger charge is -2.06. The van der Waals surface area contributed by atoms with Crippen LogP contribution in [0, 0.1) is 6.92 Å². The van der Waals surface area contributed by atoms with E-state index >= 15 is 0 Å². The highest BCUT2D eigenvalue weighted by Gasteiger charge is 2.25. The first-order chi connectivity index (χ1) is 15.4. The summed E-state index contributed by atoms with van der Waals surface area (Å²) in [4.78, 5) is 13.6. The molecule has 32 heavy (non-hydrogen) atoms. The molecule has 0 saturated carbocycles. The van der Waals surface area contributed by atoms with Crippen LogP contribution in [0.3, 0.4) is 0 Å². The Morgan fingerprint density at radius 1 is 0.969 bits per heavy atom. The number of thiophene rings is 1. The van der Waals surface area contributed by atoms with Crippen molar-refractivity contribution in [2.45, 2.75) is 74.5 Å². The number of benzene rings is 1. The number of unbranched alkanes of at least 4 members (excludes halogenated alkanes) is 6. The smallest absolute Gasteiger partial charge is 0.207 e. The van der Waals surface area contributed by atoms with Gasteiger partial charge in [0.2, 0.25) is 9.84 Å². The van der Waals surface area contributed by atoms with Crippen molar-refractivity contribution < 1.29 is 13.2 Å². The minimum Gasteiger partial charge on any atom is -0.330 e. The lowest BCUT2D eigenvalue weighted by atomic mass is 10.1. The molecule has 1 heterocycles. The number of nitrogens with two attached hydrogens (primary N) is 1. The molecule has 0 aliphatic rings. The van der Waals surface area contributed by atoms with Gasteiger partial charge in [0.25, 0.3) is 0 Å². The summed E-state index contributed by atoms with van der Waals surface area (Å²) in [6.07, 6.45) is 9.34. The maximum absolute atomic E-state index is 12.9. The molecule has 2 aromatic rings. The first-order valence-electron chi connectivity index (χ1n) is 11.4. The first kappa shape index (κ1) is 27.0. The molecule has 178 valence electrons. The standard InChI is InChI=1S/C24H35ClN2O3S2/c1-19-23(32(29,30)21-13-11-20(25)12-14-21)18-31-24(19)22(28)10-7-5-3-2-4-6-8-16-27-17-9-15-26/h11-14,18,27H,2-10,15-17,26H2,1H3. The van der Waals surface area contributed by atoms with Crippen LogP contribution in [0.15, 0.2) is 39.4 Å². The zero-order valence-corrected chi connectivity index (χ0v) is 21.3. The number of Topliss-reactive ketones (excluding diaryl/α,β-unsaturated/α-hetero) is 1. The molecular formula is C24H35ClN2O3S2. The number of carbonyl (C=O) groups excluding carboxylic acids is 1. The van der Waals surface area contributed by atoms with Crippen LogP contribution in [0.2, 0.25) is 5.02 Å². The van der Waals surface area contributed by atoms with E-state index in [2.05, 4.69) is 5.32 Å². The molecule has 0 fully saturated rings. The van der Waals surface area contributed by atoms with Crippen LogP contribution < -0.4 is 11.1 Å². The van der Waals surface area contributed by atoms with Crippen molar-refractivity contribution in [3.8, 4) is 0 Å². The van der Waals surface area contributed by atoms with Gasteiger partial charge >= 0.3 is 0 Å². The topological polar surface area (TPSA) is 89.3 Å². The van der Waals surface area contributed by atoms with E-state index in [9.17, 15) is 13.2 Å². The third-order valence-electron chi connectivity index (χ3n) is 5.48. The van der Waals surface area contributed by atoms with Gasteiger partial charge in [-0.25, -0.2) is 8.42 Å². The van der Waals surface area contributed by atoms with Crippen LogP contribution >= 0.6 is 22.9 Å². The minimum absolute atomic E-state index is 0.0357. The molecule has 2 rings (SSSR count). The Balaban J connectivity index is 1.71. The summed E-state index contributed by atoms with van der Waals surface area (Å²) < 4.78 is 25.8. The van der Waals surface area contributed by atoms with Crippen molar-refractivity contribution in [1.82, 2.24) is 5.32 Å². The summed E-state index contributed by atoms with van der Waals surface area (Å²) in [7, 11) is -3.66. The maximum Gasteiger partial charge on any atom is 0.207 e. The molecule has 1 aromatic heterocycles. The molecule has 0 spiro atoms.